The number of hydrogen-bond acceptors (Lipinski definition) is 5. The fourth-order valence-corrected chi connectivity index (χ4v) is 7.25. The molecule has 2 aromatic heterocycles. The standard InChI is InChI=1S/C25H26FN3O4S2/c26-18-5-8-21-20(14-18)17(15-27-21)13-22(25(30)31)28-35(32,33)24-10-9-23(34-24)16-3-6-19(7-4-16)29-11-1-2-12-29/h3-6,8-10,14-15,19,22,27-28H,1-2,7,11-13H2,(H,30,31)/t19?,22-/m1/s1. The number of carbonyl (C=O) groups is 1. The third-order valence-corrected chi connectivity index (χ3v) is 9.66. The Hall–Kier alpha value is -2.79. The molecular weight excluding hydrogens is 489 g/mol. The maximum atomic E-state index is 13.7. The summed E-state index contributed by atoms with van der Waals surface area (Å²) in [7, 11) is -4.07. The Balaban J connectivity index is 1.30. The monoisotopic (exact) mass is 515 g/mol. The Kier molecular flexibility index (Phi) is 6.63. The number of carboxylic acid groups (broad SMARTS) is 1. The number of hydrogen-bond donors (Lipinski definition) is 3. The van der Waals surface area contributed by atoms with Crippen LogP contribution in [0.25, 0.3) is 16.5 Å². The minimum atomic E-state index is -4.07. The van der Waals surface area contributed by atoms with Gasteiger partial charge >= 0.3 is 5.97 Å². The minimum absolute atomic E-state index is 0.0553. The van der Waals surface area contributed by atoms with E-state index in [9.17, 15) is 22.7 Å². The molecule has 3 N–H and O–H groups in total. The van der Waals surface area contributed by atoms with E-state index in [0.29, 0.717) is 22.5 Å². The summed E-state index contributed by atoms with van der Waals surface area (Å²) in [5.41, 5.74) is 2.14. The fourth-order valence-electron chi connectivity index (χ4n) is 4.72. The number of thiophene rings is 1. The zero-order valence-electron chi connectivity index (χ0n) is 18.9. The summed E-state index contributed by atoms with van der Waals surface area (Å²) < 4.78 is 42.1. The zero-order valence-corrected chi connectivity index (χ0v) is 20.5. The molecule has 1 aliphatic heterocycles. The highest BCUT2D eigenvalue weighted by atomic mass is 32.2. The predicted octanol–water partition coefficient (Wildman–Crippen LogP) is 4.15. The lowest BCUT2D eigenvalue weighted by Crippen LogP contribution is -2.42. The second-order valence-corrected chi connectivity index (χ2v) is 11.9. The molecule has 184 valence electrons. The number of allylic oxidation sites excluding steroid dienone is 2. The molecule has 0 spiro atoms. The van der Waals surface area contributed by atoms with Crippen LogP contribution in [0.4, 0.5) is 4.39 Å². The van der Waals surface area contributed by atoms with Gasteiger partial charge in [-0.3, -0.25) is 9.69 Å². The molecule has 10 heteroatoms. The van der Waals surface area contributed by atoms with Crippen LogP contribution in [0, 0.1) is 5.82 Å². The molecule has 3 heterocycles. The van der Waals surface area contributed by atoms with E-state index in [2.05, 4.69) is 26.8 Å². The van der Waals surface area contributed by atoms with Gasteiger partial charge in [-0.2, -0.15) is 4.72 Å². The summed E-state index contributed by atoms with van der Waals surface area (Å²) in [5.74, 6) is -1.75. The molecule has 0 amide bonds. The van der Waals surface area contributed by atoms with Crippen molar-refractivity contribution in [1.82, 2.24) is 14.6 Å². The van der Waals surface area contributed by atoms with E-state index >= 15 is 0 Å². The molecule has 1 unspecified atom stereocenters. The number of rotatable bonds is 8. The quantitative estimate of drug-likeness (QED) is 0.418. The van der Waals surface area contributed by atoms with Gasteiger partial charge in [0, 0.05) is 34.4 Å². The first-order valence-electron chi connectivity index (χ1n) is 11.5. The number of aliphatic carboxylic acids is 1. The minimum Gasteiger partial charge on any atom is -0.480 e. The largest absolute Gasteiger partial charge is 0.480 e. The molecule has 0 radical (unpaired) electrons. The highest BCUT2D eigenvalue weighted by molar-refractivity contribution is 7.91. The average molecular weight is 516 g/mol. The van der Waals surface area contributed by atoms with Gasteiger partial charge in [-0.1, -0.05) is 18.2 Å². The van der Waals surface area contributed by atoms with E-state index in [0.717, 1.165) is 41.3 Å². The van der Waals surface area contributed by atoms with Crippen LogP contribution in [0.1, 0.15) is 29.7 Å². The summed E-state index contributed by atoms with van der Waals surface area (Å²) >= 11 is 1.11. The highest BCUT2D eigenvalue weighted by Gasteiger charge is 2.28. The molecule has 1 aromatic carbocycles. The molecule has 7 nitrogen and oxygen atoms in total. The van der Waals surface area contributed by atoms with Crippen molar-refractivity contribution >= 4 is 43.8 Å². The molecule has 1 saturated heterocycles. The lowest BCUT2D eigenvalue weighted by Gasteiger charge is -2.26. The van der Waals surface area contributed by atoms with Gasteiger partial charge in [0.25, 0.3) is 10.0 Å². The topological polar surface area (TPSA) is 102 Å². The van der Waals surface area contributed by atoms with Gasteiger partial charge < -0.3 is 10.1 Å². The van der Waals surface area contributed by atoms with E-state index in [1.54, 1.807) is 18.3 Å². The van der Waals surface area contributed by atoms with Gasteiger partial charge in [-0.25, -0.2) is 12.8 Å². The maximum Gasteiger partial charge on any atom is 0.322 e. The van der Waals surface area contributed by atoms with Crippen molar-refractivity contribution in [2.45, 2.75) is 42.0 Å². The maximum absolute atomic E-state index is 13.7. The van der Waals surface area contributed by atoms with Crippen molar-refractivity contribution in [3.8, 4) is 0 Å². The van der Waals surface area contributed by atoms with Crippen LogP contribution >= 0.6 is 11.3 Å². The Morgan fingerprint density at radius 2 is 2.06 bits per heavy atom. The Labute approximate surface area is 207 Å². The predicted molar refractivity (Wildman–Crippen MR) is 134 cm³/mol. The molecule has 2 atom stereocenters. The molecule has 3 aromatic rings. The fraction of sp³-hybridized carbons (Fsp3) is 0.320. The van der Waals surface area contributed by atoms with Gasteiger partial charge in [-0.05, 0) is 73.8 Å². The van der Waals surface area contributed by atoms with Crippen LogP contribution in [0.3, 0.4) is 0 Å². The SMILES string of the molecule is O=C(O)[C@@H](Cc1c[nH]c2ccc(F)cc12)NS(=O)(=O)c1ccc(C2=CCC(N3CCCC3)C=C2)s1. The molecule has 1 fully saturated rings. The first-order chi connectivity index (χ1) is 16.8. The first-order valence-corrected chi connectivity index (χ1v) is 13.8. The molecule has 2 aliphatic rings. The van der Waals surface area contributed by atoms with E-state index in [4.69, 9.17) is 0 Å². The van der Waals surface area contributed by atoms with Crippen molar-refractivity contribution in [3.05, 3.63) is 71.0 Å². The van der Waals surface area contributed by atoms with Crippen LogP contribution in [0.5, 0.6) is 0 Å². The van der Waals surface area contributed by atoms with Crippen LogP contribution < -0.4 is 4.72 Å². The van der Waals surface area contributed by atoms with Crippen LogP contribution in [-0.4, -0.2) is 54.6 Å². The van der Waals surface area contributed by atoms with Crippen molar-refractivity contribution in [2.24, 2.45) is 0 Å². The summed E-state index contributed by atoms with van der Waals surface area (Å²) in [6.07, 6.45) is 11.2. The number of benzene rings is 1. The molecule has 1 aliphatic carbocycles. The zero-order chi connectivity index (χ0) is 24.6. The summed E-state index contributed by atoms with van der Waals surface area (Å²) in [5, 5.41) is 10.2. The van der Waals surface area contributed by atoms with E-state index in [1.807, 2.05) is 6.08 Å². The number of halogens is 1. The van der Waals surface area contributed by atoms with Crippen LogP contribution in [0.15, 0.2) is 59.0 Å². The summed E-state index contributed by atoms with van der Waals surface area (Å²) in [4.78, 5) is 18.1. The van der Waals surface area contributed by atoms with E-state index < -0.39 is 27.9 Å². The highest BCUT2D eigenvalue weighted by Crippen LogP contribution is 2.32. The first kappa shape index (κ1) is 23.9. The number of carboxylic acids is 1. The number of H-pyrrole nitrogens is 1. The number of aromatic amines is 1. The van der Waals surface area contributed by atoms with Crippen LogP contribution in [-0.2, 0) is 21.2 Å². The van der Waals surface area contributed by atoms with Crippen molar-refractivity contribution in [3.63, 3.8) is 0 Å². The third kappa shape index (κ3) is 5.11. The lowest BCUT2D eigenvalue weighted by atomic mass is 10.0. The van der Waals surface area contributed by atoms with Gasteiger partial charge in [-0.15, -0.1) is 11.3 Å². The average Bonchev–Trinajstić information content (AvgIpc) is 3.60. The smallest absolute Gasteiger partial charge is 0.322 e. The lowest BCUT2D eigenvalue weighted by molar-refractivity contribution is -0.138. The summed E-state index contributed by atoms with van der Waals surface area (Å²) in [6.45, 7) is 2.23. The van der Waals surface area contributed by atoms with Gasteiger partial charge in [0.2, 0.25) is 0 Å². The molecule has 35 heavy (non-hydrogen) atoms. The second kappa shape index (κ2) is 9.69. The number of fused-ring (bicyclic) bond motifs is 1. The Morgan fingerprint density at radius 3 is 2.77 bits per heavy atom. The van der Waals surface area contributed by atoms with Gasteiger partial charge in [0.1, 0.15) is 16.1 Å². The molecule has 0 saturated carbocycles. The number of aromatic nitrogens is 1. The van der Waals surface area contributed by atoms with Crippen molar-refractivity contribution in [1.29, 1.82) is 0 Å². The number of sulfonamides is 1. The van der Waals surface area contributed by atoms with E-state index in [1.165, 1.54) is 31.0 Å². The number of nitrogens with zero attached hydrogens (tertiary/aromatic N) is 1. The Bertz CT molecular complexity index is 1420. The number of likely N-dealkylation sites (tertiary alicyclic amines) is 1. The second-order valence-electron chi connectivity index (χ2n) is 8.90. The van der Waals surface area contributed by atoms with Gasteiger partial charge in [0.05, 0.1) is 0 Å². The third-order valence-electron chi connectivity index (χ3n) is 6.57. The summed E-state index contributed by atoms with van der Waals surface area (Å²) in [6, 6.07) is 6.41. The molecule has 0 bridgehead atoms. The van der Waals surface area contributed by atoms with Gasteiger partial charge in [0.15, 0.2) is 0 Å². The Morgan fingerprint density at radius 1 is 1.26 bits per heavy atom. The normalized spacial score (nSPS) is 19.8. The van der Waals surface area contributed by atoms with Crippen molar-refractivity contribution in [2.75, 3.05) is 13.1 Å². The number of nitrogens with one attached hydrogen (secondary N) is 2. The van der Waals surface area contributed by atoms with Crippen molar-refractivity contribution < 1.29 is 22.7 Å². The molecule has 5 rings (SSSR count). The van der Waals surface area contributed by atoms with Crippen LogP contribution in [0.2, 0.25) is 0 Å². The molecular formula is C25H26FN3O4S2. The van der Waals surface area contributed by atoms with E-state index in [-0.39, 0.29) is 10.6 Å².